The highest BCUT2D eigenvalue weighted by Crippen LogP contribution is 2.43. The number of unbranched alkanes of at least 4 members (excludes halogenated alkanes) is 23. The molecule has 0 aliphatic heterocycles. The van der Waals surface area contributed by atoms with Gasteiger partial charge in [0, 0.05) is 13.0 Å². The summed E-state index contributed by atoms with van der Waals surface area (Å²) < 4.78 is 33.3. The van der Waals surface area contributed by atoms with Crippen molar-refractivity contribution in [2.45, 2.75) is 206 Å². The van der Waals surface area contributed by atoms with E-state index in [4.69, 9.17) is 29.4 Å². The van der Waals surface area contributed by atoms with Crippen LogP contribution in [0.4, 0.5) is 0 Å². The first-order valence-corrected chi connectivity index (χ1v) is 22.9. The summed E-state index contributed by atoms with van der Waals surface area (Å²) in [5.41, 5.74) is 5.35. The van der Waals surface area contributed by atoms with Crippen LogP contribution in [0.2, 0.25) is 0 Å². The minimum atomic E-state index is -4.61. The molecule has 11 heteroatoms. The predicted molar refractivity (Wildman–Crippen MR) is 217 cm³/mol. The monoisotopic (exact) mass is 774 g/mol. The number of aliphatic carboxylic acids is 1. The molecular formula is C42H80NO9P. The molecule has 0 amide bonds. The second-order valence-electron chi connectivity index (χ2n) is 14.5. The van der Waals surface area contributed by atoms with Gasteiger partial charge < -0.3 is 25.2 Å². The fourth-order valence-corrected chi connectivity index (χ4v) is 6.61. The van der Waals surface area contributed by atoms with Gasteiger partial charge in [-0.2, -0.15) is 0 Å². The van der Waals surface area contributed by atoms with Gasteiger partial charge in [0.25, 0.3) is 0 Å². The number of rotatable bonds is 41. The van der Waals surface area contributed by atoms with Crippen molar-refractivity contribution in [3.05, 3.63) is 24.3 Å². The summed E-state index contributed by atoms with van der Waals surface area (Å²) in [5.74, 6) is -1.79. The first-order chi connectivity index (χ1) is 25.7. The third-order valence-electron chi connectivity index (χ3n) is 9.20. The molecule has 312 valence electrons. The van der Waals surface area contributed by atoms with E-state index in [9.17, 15) is 19.0 Å². The van der Waals surface area contributed by atoms with Crippen molar-refractivity contribution < 1.29 is 42.7 Å². The van der Waals surface area contributed by atoms with Gasteiger partial charge in [-0.1, -0.05) is 147 Å². The van der Waals surface area contributed by atoms with Crippen molar-refractivity contribution in [2.75, 3.05) is 26.4 Å². The zero-order valence-electron chi connectivity index (χ0n) is 33.9. The molecule has 0 aromatic rings. The number of carbonyl (C=O) groups is 2. The van der Waals surface area contributed by atoms with E-state index < -0.39 is 45.1 Å². The van der Waals surface area contributed by atoms with E-state index in [1.54, 1.807) is 0 Å². The van der Waals surface area contributed by atoms with Crippen LogP contribution in [-0.4, -0.2) is 60.5 Å². The highest BCUT2D eigenvalue weighted by Gasteiger charge is 2.27. The van der Waals surface area contributed by atoms with Crippen molar-refractivity contribution in [3.8, 4) is 0 Å². The van der Waals surface area contributed by atoms with Crippen molar-refractivity contribution in [1.82, 2.24) is 0 Å². The van der Waals surface area contributed by atoms with Crippen molar-refractivity contribution >= 4 is 19.8 Å². The molecule has 10 nitrogen and oxygen atoms in total. The Hall–Kier alpha value is -1.55. The van der Waals surface area contributed by atoms with E-state index >= 15 is 0 Å². The van der Waals surface area contributed by atoms with Crippen molar-refractivity contribution in [1.29, 1.82) is 0 Å². The van der Waals surface area contributed by atoms with Crippen LogP contribution in [0, 0.1) is 0 Å². The Labute approximate surface area is 324 Å². The fraction of sp³-hybridized carbons (Fsp3) is 0.857. The van der Waals surface area contributed by atoms with Gasteiger partial charge in [0.15, 0.2) is 0 Å². The number of phosphoric acid groups is 1. The number of hydrogen-bond acceptors (Lipinski definition) is 8. The molecule has 53 heavy (non-hydrogen) atoms. The lowest BCUT2D eigenvalue weighted by Gasteiger charge is -2.20. The number of carbonyl (C=O) groups excluding carboxylic acids is 1. The molecule has 0 fully saturated rings. The molecule has 3 atom stereocenters. The lowest BCUT2D eigenvalue weighted by Crippen LogP contribution is -2.34. The average Bonchev–Trinajstić information content (AvgIpc) is 3.13. The van der Waals surface area contributed by atoms with Crippen molar-refractivity contribution in [2.24, 2.45) is 5.73 Å². The van der Waals surface area contributed by atoms with Gasteiger partial charge in [0.2, 0.25) is 0 Å². The topological polar surface area (TPSA) is 155 Å². The van der Waals surface area contributed by atoms with E-state index in [0.717, 1.165) is 51.4 Å². The lowest BCUT2D eigenvalue weighted by atomic mass is 10.1. The smallest absolute Gasteiger partial charge is 0.472 e. The lowest BCUT2D eigenvalue weighted by molar-refractivity contribution is -0.154. The van der Waals surface area contributed by atoms with Crippen LogP contribution in [0.1, 0.15) is 194 Å². The molecule has 0 aliphatic carbocycles. The Morgan fingerprint density at radius 3 is 1.45 bits per heavy atom. The molecule has 0 rings (SSSR count). The summed E-state index contributed by atoms with van der Waals surface area (Å²) in [6.45, 7) is 3.85. The number of esters is 1. The number of carboxylic acid groups (broad SMARTS) is 1. The van der Waals surface area contributed by atoms with E-state index in [2.05, 4.69) is 38.2 Å². The molecule has 4 N–H and O–H groups in total. The summed E-state index contributed by atoms with van der Waals surface area (Å²) in [6, 6.07) is -1.47. The number of allylic oxidation sites excluding steroid dienone is 4. The number of phosphoric ester groups is 1. The molecule has 0 aromatic carbocycles. The van der Waals surface area contributed by atoms with Gasteiger partial charge in [-0.25, -0.2) is 4.57 Å². The minimum Gasteiger partial charge on any atom is -0.480 e. The molecule has 0 spiro atoms. The van der Waals surface area contributed by atoms with Gasteiger partial charge in [0.1, 0.15) is 12.1 Å². The highest BCUT2D eigenvalue weighted by atomic mass is 31.2. The first-order valence-electron chi connectivity index (χ1n) is 21.4. The van der Waals surface area contributed by atoms with Crippen LogP contribution < -0.4 is 5.73 Å². The van der Waals surface area contributed by atoms with Crippen LogP contribution in [0.3, 0.4) is 0 Å². The minimum absolute atomic E-state index is 0.0138. The Balaban J connectivity index is 4.23. The summed E-state index contributed by atoms with van der Waals surface area (Å²) in [7, 11) is -4.61. The van der Waals surface area contributed by atoms with Gasteiger partial charge in [-0.3, -0.25) is 18.6 Å². The van der Waals surface area contributed by atoms with E-state index in [1.807, 2.05) is 0 Å². The van der Waals surface area contributed by atoms with Crippen LogP contribution in [-0.2, 0) is 32.7 Å². The van der Waals surface area contributed by atoms with Gasteiger partial charge >= 0.3 is 19.8 Å². The quantitative estimate of drug-likeness (QED) is 0.0237. The third kappa shape index (κ3) is 38.5. The maximum Gasteiger partial charge on any atom is 0.472 e. The fourth-order valence-electron chi connectivity index (χ4n) is 5.83. The van der Waals surface area contributed by atoms with Crippen LogP contribution in [0.5, 0.6) is 0 Å². The van der Waals surface area contributed by atoms with Gasteiger partial charge in [0.05, 0.1) is 19.8 Å². The molecule has 0 aromatic heterocycles. The van der Waals surface area contributed by atoms with Crippen LogP contribution in [0.25, 0.3) is 0 Å². The van der Waals surface area contributed by atoms with E-state index in [1.165, 1.54) is 116 Å². The first kappa shape index (κ1) is 51.5. The molecule has 0 heterocycles. The molecule has 0 aliphatic rings. The Bertz CT molecular complexity index is 946. The van der Waals surface area contributed by atoms with Crippen LogP contribution >= 0.6 is 7.82 Å². The number of carboxylic acids is 1. The normalized spacial score (nSPS) is 14.2. The van der Waals surface area contributed by atoms with E-state index in [-0.39, 0.29) is 13.0 Å². The van der Waals surface area contributed by atoms with Crippen molar-refractivity contribution in [3.63, 3.8) is 0 Å². The zero-order valence-corrected chi connectivity index (χ0v) is 34.8. The Kier molecular flexibility index (Phi) is 37.6. The van der Waals surface area contributed by atoms with Gasteiger partial charge in [-0.15, -0.1) is 0 Å². The summed E-state index contributed by atoms with van der Waals surface area (Å²) in [5, 5.41) is 8.88. The molecule has 3 unspecified atom stereocenters. The molecular weight excluding hydrogens is 693 g/mol. The maximum atomic E-state index is 12.6. The highest BCUT2D eigenvalue weighted by molar-refractivity contribution is 7.47. The van der Waals surface area contributed by atoms with Crippen LogP contribution in [0.15, 0.2) is 24.3 Å². The predicted octanol–water partition coefficient (Wildman–Crippen LogP) is 11.5. The zero-order chi connectivity index (χ0) is 39.1. The summed E-state index contributed by atoms with van der Waals surface area (Å²) in [6.07, 6.45) is 40.8. The maximum absolute atomic E-state index is 12.6. The SMILES string of the molecule is CCCCCC/C=C\CCCCCCCC(=O)OC(COCCCCCCCCCC/C=C\CCCCCCCC)COP(=O)(O)OCC(N)C(=O)O. The molecule has 0 saturated carbocycles. The number of nitrogens with two attached hydrogens (primary N) is 1. The second kappa shape index (κ2) is 38.7. The number of hydrogen-bond donors (Lipinski definition) is 3. The standard InChI is InChI=1S/C42H80NO9P/c1-3-5-7-9-11-13-15-17-18-19-20-21-23-25-27-29-31-33-35-49-36-39(37-50-53(47,48)51-38-40(43)42(45)46)52-41(44)34-32-30-28-26-24-22-16-14-12-10-8-6-4-2/h14,16-18,39-40H,3-13,15,19-38,43H2,1-2H3,(H,45,46)(H,47,48)/b16-14-,18-17-. The number of ether oxygens (including phenoxy) is 2. The van der Waals surface area contributed by atoms with E-state index in [0.29, 0.717) is 13.0 Å². The molecule has 0 bridgehead atoms. The summed E-state index contributed by atoms with van der Waals surface area (Å²) >= 11 is 0. The molecule has 0 radical (unpaired) electrons. The Morgan fingerprint density at radius 2 is 0.981 bits per heavy atom. The summed E-state index contributed by atoms with van der Waals surface area (Å²) in [4.78, 5) is 33.5. The van der Waals surface area contributed by atoms with Gasteiger partial charge in [-0.05, 0) is 64.2 Å². The third-order valence-corrected chi connectivity index (χ3v) is 10.2. The second-order valence-corrected chi connectivity index (χ2v) is 15.9. The molecule has 0 saturated heterocycles. The average molecular weight is 774 g/mol. The Morgan fingerprint density at radius 1 is 0.585 bits per heavy atom. The largest absolute Gasteiger partial charge is 0.480 e.